The van der Waals surface area contributed by atoms with Gasteiger partial charge in [0.2, 0.25) is 0 Å². The third-order valence-electron chi connectivity index (χ3n) is 4.40. The monoisotopic (exact) mass is 295 g/mol. The second-order valence-electron chi connectivity index (χ2n) is 5.92. The molecule has 20 heavy (non-hydrogen) atoms. The Kier molecular flexibility index (Phi) is 5.08. The number of ether oxygens (including phenoxy) is 1. The second kappa shape index (κ2) is 7.01. The molecule has 0 N–H and O–H groups in total. The minimum Gasteiger partial charge on any atom is -0.462 e. The van der Waals surface area contributed by atoms with E-state index in [-0.39, 0.29) is 6.10 Å². The molecule has 0 saturated carbocycles. The van der Waals surface area contributed by atoms with Crippen LogP contribution in [0.4, 0.5) is 0 Å². The lowest BCUT2D eigenvalue weighted by molar-refractivity contribution is 0.000785. The van der Waals surface area contributed by atoms with Crippen molar-refractivity contribution in [2.24, 2.45) is 0 Å². The van der Waals surface area contributed by atoms with E-state index in [1.54, 1.807) is 0 Å². The van der Waals surface area contributed by atoms with Crippen molar-refractivity contribution < 1.29 is 9.15 Å². The van der Waals surface area contributed by atoms with Crippen molar-refractivity contribution in [3.05, 3.63) is 23.7 Å². The van der Waals surface area contributed by atoms with E-state index in [1.165, 1.54) is 37.2 Å². The first-order chi connectivity index (χ1) is 9.83. The van der Waals surface area contributed by atoms with Crippen LogP contribution in [0.3, 0.4) is 0 Å². The molecule has 0 amide bonds. The van der Waals surface area contributed by atoms with Crippen molar-refractivity contribution in [2.45, 2.75) is 50.8 Å². The highest BCUT2D eigenvalue weighted by molar-refractivity contribution is 7.99. The maximum Gasteiger partial charge on any atom is 0.133 e. The van der Waals surface area contributed by atoms with Crippen molar-refractivity contribution in [1.82, 2.24) is 4.90 Å². The molecular weight excluding hydrogens is 270 g/mol. The van der Waals surface area contributed by atoms with Gasteiger partial charge in [0.15, 0.2) is 0 Å². The van der Waals surface area contributed by atoms with E-state index in [0.717, 1.165) is 37.1 Å². The topological polar surface area (TPSA) is 25.6 Å². The summed E-state index contributed by atoms with van der Waals surface area (Å²) in [5, 5.41) is 0. The first kappa shape index (κ1) is 14.5. The summed E-state index contributed by atoms with van der Waals surface area (Å²) >= 11 is 2.08. The van der Waals surface area contributed by atoms with Gasteiger partial charge in [-0.15, -0.1) is 0 Å². The second-order valence-corrected chi connectivity index (χ2v) is 7.14. The van der Waals surface area contributed by atoms with Gasteiger partial charge in [-0.1, -0.05) is 0 Å². The van der Waals surface area contributed by atoms with Crippen LogP contribution >= 0.6 is 11.8 Å². The Hall–Kier alpha value is -0.450. The lowest BCUT2D eigenvalue weighted by Gasteiger charge is -2.30. The smallest absolute Gasteiger partial charge is 0.133 e. The van der Waals surface area contributed by atoms with E-state index in [4.69, 9.17) is 9.15 Å². The van der Waals surface area contributed by atoms with Gasteiger partial charge in [0.25, 0.3) is 0 Å². The van der Waals surface area contributed by atoms with E-state index in [9.17, 15) is 0 Å². The molecule has 0 unspecified atom stereocenters. The third kappa shape index (κ3) is 3.60. The molecule has 2 fully saturated rings. The molecule has 112 valence electrons. The standard InChI is InChI=1S/C16H25NO2S/c1-17(13-7-10-20-11-8-13)12-14-5-6-16(19-14)15-4-2-3-9-18-15/h5-6,13,15H,2-4,7-12H2,1H3/t15-/m0/s1. The molecule has 3 heterocycles. The number of rotatable bonds is 4. The number of thioether (sulfide) groups is 1. The molecule has 2 saturated heterocycles. The van der Waals surface area contributed by atoms with Gasteiger partial charge in [0.1, 0.15) is 17.6 Å². The van der Waals surface area contributed by atoms with E-state index in [2.05, 4.69) is 35.8 Å². The minimum atomic E-state index is 0.189. The lowest BCUT2D eigenvalue weighted by Crippen LogP contribution is -2.34. The summed E-state index contributed by atoms with van der Waals surface area (Å²) in [6, 6.07) is 4.95. The number of hydrogen-bond acceptors (Lipinski definition) is 4. The van der Waals surface area contributed by atoms with Gasteiger partial charge in [0, 0.05) is 12.6 Å². The van der Waals surface area contributed by atoms with Crippen molar-refractivity contribution in [3.63, 3.8) is 0 Å². The van der Waals surface area contributed by atoms with Gasteiger partial charge in [0.05, 0.1) is 6.54 Å². The van der Waals surface area contributed by atoms with E-state index < -0.39 is 0 Å². The largest absolute Gasteiger partial charge is 0.462 e. The van der Waals surface area contributed by atoms with Crippen LogP contribution in [-0.2, 0) is 11.3 Å². The lowest BCUT2D eigenvalue weighted by atomic mass is 10.1. The zero-order valence-electron chi connectivity index (χ0n) is 12.3. The van der Waals surface area contributed by atoms with Crippen LogP contribution in [0.15, 0.2) is 16.5 Å². The maximum atomic E-state index is 6.01. The van der Waals surface area contributed by atoms with Crippen molar-refractivity contribution in [2.75, 3.05) is 25.2 Å². The van der Waals surface area contributed by atoms with Crippen LogP contribution in [0.1, 0.15) is 49.7 Å². The molecule has 1 aromatic rings. The summed E-state index contributed by atoms with van der Waals surface area (Å²) in [4.78, 5) is 2.45. The predicted molar refractivity (Wildman–Crippen MR) is 83.1 cm³/mol. The summed E-state index contributed by atoms with van der Waals surface area (Å²) in [6.45, 7) is 1.79. The highest BCUT2D eigenvalue weighted by atomic mass is 32.2. The minimum absolute atomic E-state index is 0.189. The molecule has 0 aromatic carbocycles. The number of hydrogen-bond donors (Lipinski definition) is 0. The fourth-order valence-corrected chi connectivity index (χ4v) is 4.20. The highest BCUT2D eigenvalue weighted by Gasteiger charge is 2.22. The van der Waals surface area contributed by atoms with Crippen molar-refractivity contribution >= 4 is 11.8 Å². The molecule has 0 spiro atoms. The molecule has 3 nitrogen and oxygen atoms in total. The van der Waals surface area contributed by atoms with E-state index in [1.807, 2.05) is 0 Å². The van der Waals surface area contributed by atoms with Crippen LogP contribution in [-0.4, -0.2) is 36.1 Å². The SMILES string of the molecule is CN(Cc1ccc([C@@H]2CCCCO2)o1)C1CCSCC1. The quantitative estimate of drug-likeness (QED) is 0.842. The summed E-state index contributed by atoms with van der Waals surface area (Å²) in [5.41, 5.74) is 0. The normalized spacial score (nSPS) is 25.2. The Labute approximate surface area is 126 Å². The molecule has 1 aromatic heterocycles. The van der Waals surface area contributed by atoms with Gasteiger partial charge in [-0.25, -0.2) is 0 Å². The molecule has 3 rings (SSSR count). The molecule has 4 heteroatoms. The Morgan fingerprint density at radius 1 is 1.20 bits per heavy atom. The summed E-state index contributed by atoms with van der Waals surface area (Å²) in [6.07, 6.45) is 6.34. The average molecular weight is 295 g/mol. The molecular formula is C16H25NO2S. The maximum absolute atomic E-state index is 6.01. The molecule has 2 aliphatic rings. The highest BCUT2D eigenvalue weighted by Crippen LogP contribution is 2.30. The van der Waals surface area contributed by atoms with Gasteiger partial charge >= 0.3 is 0 Å². The fraction of sp³-hybridized carbons (Fsp3) is 0.750. The van der Waals surface area contributed by atoms with Crippen molar-refractivity contribution in [3.8, 4) is 0 Å². The first-order valence-corrected chi connectivity index (χ1v) is 8.96. The molecule has 2 aliphatic heterocycles. The number of furan rings is 1. The van der Waals surface area contributed by atoms with Gasteiger partial charge in [-0.3, -0.25) is 4.90 Å². The van der Waals surface area contributed by atoms with Crippen molar-refractivity contribution in [1.29, 1.82) is 0 Å². The van der Waals surface area contributed by atoms with Gasteiger partial charge < -0.3 is 9.15 Å². The van der Waals surface area contributed by atoms with Gasteiger partial charge in [-0.2, -0.15) is 11.8 Å². The molecule has 0 aliphatic carbocycles. The number of nitrogens with zero attached hydrogens (tertiary/aromatic N) is 1. The summed E-state index contributed by atoms with van der Waals surface area (Å²) in [5.74, 6) is 4.70. The van der Waals surface area contributed by atoms with E-state index >= 15 is 0 Å². The van der Waals surface area contributed by atoms with Crippen LogP contribution < -0.4 is 0 Å². The van der Waals surface area contributed by atoms with Crippen LogP contribution in [0.2, 0.25) is 0 Å². The molecule has 1 atom stereocenters. The predicted octanol–water partition coefficient (Wildman–Crippen LogP) is 3.85. The Morgan fingerprint density at radius 3 is 2.80 bits per heavy atom. The third-order valence-corrected chi connectivity index (χ3v) is 5.45. The Bertz CT molecular complexity index is 408. The summed E-state index contributed by atoms with van der Waals surface area (Å²) in [7, 11) is 2.22. The Morgan fingerprint density at radius 2 is 2.05 bits per heavy atom. The van der Waals surface area contributed by atoms with Gasteiger partial charge in [-0.05, 0) is 62.8 Å². The molecule has 0 radical (unpaired) electrons. The zero-order chi connectivity index (χ0) is 13.8. The molecule has 0 bridgehead atoms. The fourth-order valence-electron chi connectivity index (χ4n) is 3.12. The van der Waals surface area contributed by atoms with Crippen LogP contribution in [0.5, 0.6) is 0 Å². The van der Waals surface area contributed by atoms with E-state index in [0.29, 0.717) is 0 Å². The first-order valence-electron chi connectivity index (χ1n) is 7.81. The summed E-state index contributed by atoms with van der Waals surface area (Å²) < 4.78 is 11.8. The average Bonchev–Trinajstić information content (AvgIpc) is 2.97. The van der Waals surface area contributed by atoms with Crippen LogP contribution in [0.25, 0.3) is 0 Å². The Balaban J connectivity index is 1.56. The van der Waals surface area contributed by atoms with Crippen LogP contribution in [0, 0.1) is 0 Å². The zero-order valence-corrected chi connectivity index (χ0v) is 13.2.